The van der Waals surface area contributed by atoms with Crippen LogP contribution in [0, 0.1) is 11.7 Å². The third kappa shape index (κ3) is 5.20. The number of nitrogens with one attached hydrogen (secondary N) is 3. The second-order valence-electron chi connectivity index (χ2n) is 7.08. The molecule has 3 N–H and O–H groups in total. The average molecular weight is 422 g/mol. The minimum Gasteiger partial charge on any atom is -0.359 e. The Hall–Kier alpha value is -2.19. The maximum Gasteiger partial charge on any atom is 0.262 e. The number of rotatable bonds is 5. The number of thiocarbonyl (C=S) groups is 1. The van der Waals surface area contributed by atoms with Crippen molar-refractivity contribution in [3.05, 3.63) is 54.3 Å². The summed E-state index contributed by atoms with van der Waals surface area (Å²) in [5, 5.41) is 6.85. The molecule has 0 bridgehead atoms. The maximum absolute atomic E-state index is 13.8. The van der Waals surface area contributed by atoms with Crippen LogP contribution in [0.1, 0.15) is 32.6 Å². The first-order chi connectivity index (χ1) is 13.3. The van der Waals surface area contributed by atoms with Gasteiger partial charge in [-0.15, -0.1) is 0 Å². The van der Waals surface area contributed by atoms with E-state index in [0.717, 1.165) is 6.42 Å². The summed E-state index contributed by atoms with van der Waals surface area (Å²) in [5.41, 5.74) is 0.460. The molecule has 0 aromatic heterocycles. The van der Waals surface area contributed by atoms with E-state index in [0.29, 0.717) is 22.8 Å². The Morgan fingerprint density at radius 1 is 1.11 bits per heavy atom. The van der Waals surface area contributed by atoms with E-state index in [1.165, 1.54) is 49.6 Å². The Morgan fingerprint density at radius 3 is 2.61 bits per heavy atom. The summed E-state index contributed by atoms with van der Waals surface area (Å²) in [6, 6.07) is 12.2. The topological polar surface area (TPSA) is 70.2 Å². The van der Waals surface area contributed by atoms with E-state index in [4.69, 9.17) is 12.2 Å². The van der Waals surface area contributed by atoms with Gasteiger partial charge in [0.25, 0.3) is 10.0 Å². The highest BCUT2D eigenvalue weighted by molar-refractivity contribution is 7.92. The van der Waals surface area contributed by atoms with Crippen LogP contribution >= 0.6 is 12.2 Å². The lowest BCUT2D eigenvalue weighted by Crippen LogP contribution is -2.43. The number of benzene rings is 2. The molecule has 2 aromatic rings. The lowest BCUT2D eigenvalue weighted by molar-refractivity contribution is 0.309. The van der Waals surface area contributed by atoms with E-state index in [1.807, 2.05) is 0 Å². The Labute approximate surface area is 170 Å². The maximum atomic E-state index is 13.8. The van der Waals surface area contributed by atoms with E-state index in [1.54, 1.807) is 18.2 Å². The van der Waals surface area contributed by atoms with Gasteiger partial charge in [0.2, 0.25) is 0 Å². The van der Waals surface area contributed by atoms with Crippen LogP contribution in [-0.4, -0.2) is 19.6 Å². The number of para-hydroxylation sites is 1. The fourth-order valence-electron chi connectivity index (χ4n) is 3.35. The third-order valence-corrected chi connectivity index (χ3v) is 6.53. The monoisotopic (exact) mass is 421 g/mol. The second kappa shape index (κ2) is 8.87. The Morgan fingerprint density at radius 2 is 1.86 bits per heavy atom. The molecule has 0 unspecified atom stereocenters. The molecule has 150 valence electrons. The van der Waals surface area contributed by atoms with Crippen LogP contribution in [0.2, 0.25) is 0 Å². The zero-order valence-electron chi connectivity index (χ0n) is 15.6. The first-order valence-electron chi connectivity index (χ1n) is 9.30. The Bertz CT molecular complexity index is 950. The molecule has 1 aliphatic rings. The van der Waals surface area contributed by atoms with Crippen molar-refractivity contribution in [3.8, 4) is 0 Å². The largest absolute Gasteiger partial charge is 0.359 e. The fraction of sp³-hybridized carbons (Fsp3) is 0.350. The van der Waals surface area contributed by atoms with Gasteiger partial charge in [-0.3, -0.25) is 4.72 Å². The highest BCUT2D eigenvalue weighted by Crippen LogP contribution is 2.24. The van der Waals surface area contributed by atoms with E-state index in [9.17, 15) is 12.8 Å². The van der Waals surface area contributed by atoms with E-state index in [2.05, 4.69) is 22.3 Å². The van der Waals surface area contributed by atoms with Gasteiger partial charge in [-0.2, -0.15) is 0 Å². The lowest BCUT2D eigenvalue weighted by atomic mass is 9.86. The number of hydrogen-bond donors (Lipinski definition) is 3. The molecule has 1 aliphatic carbocycles. The number of halogens is 1. The van der Waals surface area contributed by atoms with E-state index in [-0.39, 0.29) is 10.6 Å². The first kappa shape index (κ1) is 20.5. The van der Waals surface area contributed by atoms with Crippen molar-refractivity contribution in [1.29, 1.82) is 0 Å². The van der Waals surface area contributed by atoms with Crippen molar-refractivity contribution in [2.45, 2.75) is 43.5 Å². The van der Waals surface area contributed by atoms with Crippen molar-refractivity contribution in [2.75, 3.05) is 10.0 Å². The van der Waals surface area contributed by atoms with Crippen LogP contribution in [0.5, 0.6) is 0 Å². The minimum atomic E-state index is -3.92. The third-order valence-electron chi connectivity index (χ3n) is 4.95. The molecular weight excluding hydrogens is 397 g/mol. The van der Waals surface area contributed by atoms with E-state index < -0.39 is 15.8 Å². The van der Waals surface area contributed by atoms with Crippen LogP contribution in [0.15, 0.2) is 53.4 Å². The molecule has 0 heterocycles. The molecule has 3 rings (SSSR count). The van der Waals surface area contributed by atoms with E-state index >= 15 is 0 Å². The van der Waals surface area contributed by atoms with Crippen molar-refractivity contribution in [3.63, 3.8) is 0 Å². The summed E-state index contributed by atoms with van der Waals surface area (Å²) in [6.07, 6.45) is 4.67. The molecule has 0 amide bonds. The summed E-state index contributed by atoms with van der Waals surface area (Å²) < 4.78 is 41.2. The van der Waals surface area contributed by atoms with Gasteiger partial charge in [-0.25, -0.2) is 12.8 Å². The van der Waals surface area contributed by atoms with Crippen molar-refractivity contribution >= 4 is 38.7 Å². The smallest absolute Gasteiger partial charge is 0.262 e. The zero-order chi connectivity index (χ0) is 20.1. The number of hydrogen-bond acceptors (Lipinski definition) is 3. The van der Waals surface area contributed by atoms with Crippen LogP contribution in [0.25, 0.3) is 0 Å². The Balaban J connectivity index is 1.69. The van der Waals surface area contributed by atoms with Gasteiger partial charge in [0.05, 0.1) is 10.6 Å². The molecule has 28 heavy (non-hydrogen) atoms. The second-order valence-corrected chi connectivity index (χ2v) is 9.17. The van der Waals surface area contributed by atoms with Gasteiger partial charge in [0.1, 0.15) is 5.82 Å². The highest BCUT2D eigenvalue weighted by atomic mass is 32.2. The van der Waals surface area contributed by atoms with Gasteiger partial charge < -0.3 is 10.6 Å². The molecule has 2 atom stereocenters. The van der Waals surface area contributed by atoms with Crippen LogP contribution in [0.4, 0.5) is 15.8 Å². The average Bonchev–Trinajstić information content (AvgIpc) is 2.65. The van der Waals surface area contributed by atoms with Gasteiger partial charge in [0.15, 0.2) is 5.11 Å². The molecule has 1 fully saturated rings. The standard InChI is InChI=1S/C20H24FN3O2S2/c1-14-7-2-4-11-18(14)23-20(27)22-15-8-6-9-16(13-15)28(25,26)24-19-12-5-3-10-17(19)21/h3,5-6,8-10,12-14,18,24H,2,4,7,11H2,1H3,(H2,22,23,27)/t14-,18-/m1/s1. The molecule has 0 aliphatic heterocycles. The van der Waals surface area contributed by atoms with Crippen molar-refractivity contribution in [2.24, 2.45) is 5.92 Å². The quantitative estimate of drug-likeness (QED) is 0.621. The van der Waals surface area contributed by atoms with Gasteiger partial charge in [0, 0.05) is 11.7 Å². The van der Waals surface area contributed by atoms with Gasteiger partial charge in [-0.05, 0) is 61.3 Å². The minimum absolute atomic E-state index is 0.0228. The summed E-state index contributed by atoms with van der Waals surface area (Å²) >= 11 is 5.39. The summed E-state index contributed by atoms with van der Waals surface area (Å²) in [4.78, 5) is 0.0228. The lowest BCUT2D eigenvalue weighted by Gasteiger charge is -2.30. The number of sulfonamides is 1. The molecule has 0 radical (unpaired) electrons. The first-order valence-corrected chi connectivity index (χ1v) is 11.2. The summed E-state index contributed by atoms with van der Waals surface area (Å²) in [7, 11) is -3.92. The van der Waals surface area contributed by atoms with Gasteiger partial charge >= 0.3 is 0 Å². The van der Waals surface area contributed by atoms with Gasteiger partial charge in [-0.1, -0.05) is 38.0 Å². The summed E-state index contributed by atoms with van der Waals surface area (Å²) in [6.45, 7) is 2.21. The highest BCUT2D eigenvalue weighted by Gasteiger charge is 2.22. The molecule has 8 heteroatoms. The zero-order valence-corrected chi connectivity index (χ0v) is 17.2. The SMILES string of the molecule is C[C@@H]1CCCC[C@H]1NC(=S)Nc1cccc(S(=O)(=O)Nc2ccccc2F)c1. The Kier molecular flexibility index (Phi) is 6.51. The summed E-state index contributed by atoms with van der Waals surface area (Å²) in [5.74, 6) is -0.0856. The fourth-order valence-corrected chi connectivity index (χ4v) is 4.74. The molecule has 2 aromatic carbocycles. The van der Waals surface area contributed by atoms with Crippen LogP contribution in [0.3, 0.4) is 0 Å². The molecule has 5 nitrogen and oxygen atoms in total. The van der Waals surface area contributed by atoms with Crippen molar-refractivity contribution in [1.82, 2.24) is 5.32 Å². The molecular formula is C20H24FN3O2S2. The van der Waals surface area contributed by atoms with Crippen LogP contribution < -0.4 is 15.4 Å². The molecule has 1 saturated carbocycles. The molecule has 0 spiro atoms. The molecule has 0 saturated heterocycles. The van der Waals surface area contributed by atoms with Crippen molar-refractivity contribution < 1.29 is 12.8 Å². The number of anilines is 2. The predicted octanol–water partition coefficient (Wildman–Crippen LogP) is 4.49. The van der Waals surface area contributed by atoms with Crippen LogP contribution in [-0.2, 0) is 10.0 Å². The predicted molar refractivity (Wildman–Crippen MR) is 114 cm³/mol. The normalized spacial score (nSPS) is 19.6.